The van der Waals surface area contributed by atoms with Gasteiger partial charge in [0, 0.05) is 18.1 Å². The average Bonchev–Trinajstić information content (AvgIpc) is 2.20. The van der Waals surface area contributed by atoms with Crippen molar-refractivity contribution in [1.82, 2.24) is 5.32 Å². The number of nitrogens with one attached hydrogen (secondary N) is 1. The largest absolute Gasteiger partial charge is 0.328 e. The SMILES string of the molecule is Cc1ccc([C@@H]2C[C@@H](N)C[C@H](C)N2)cc1C. The van der Waals surface area contributed by atoms with Crippen LogP contribution < -0.4 is 11.1 Å². The Morgan fingerprint density at radius 2 is 1.94 bits per heavy atom. The van der Waals surface area contributed by atoms with E-state index in [0.29, 0.717) is 18.1 Å². The van der Waals surface area contributed by atoms with E-state index < -0.39 is 0 Å². The Morgan fingerprint density at radius 3 is 2.56 bits per heavy atom. The molecule has 0 aromatic heterocycles. The molecule has 1 aromatic rings. The Labute approximate surface area is 98.2 Å². The van der Waals surface area contributed by atoms with Crippen molar-refractivity contribution < 1.29 is 0 Å². The number of hydrogen-bond donors (Lipinski definition) is 2. The third-order valence-corrected chi connectivity index (χ3v) is 3.61. The summed E-state index contributed by atoms with van der Waals surface area (Å²) in [5, 5.41) is 3.63. The van der Waals surface area contributed by atoms with Crippen molar-refractivity contribution in [2.45, 2.75) is 51.7 Å². The van der Waals surface area contributed by atoms with Crippen LogP contribution in [0.2, 0.25) is 0 Å². The zero-order valence-electron chi connectivity index (χ0n) is 10.5. The molecule has 2 nitrogen and oxygen atoms in total. The van der Waals surface area contributed by atoms with Gasteiger partial charge in [-0.3, -0.25) is 0 Å². The molecule has 0 saturated carbocycles. The van der Waals surface area contributed by atoms with Gasteiger partial charge in [0.15, 0.2) is 0 Å². The first-order valence-corrected chi connectivity index (χ1v) is 6.15. The van der Waals surface area contributed by atoms with Crippen LogP contribution in [0.1, 0.15) is 42.5 Å². The van der Waals surface area contributed by atoms with Gasteiger partial charge in [-0.15, -0.1) is 0 Å². The van der Waals surface area contributed by atoms with E-state index in [9.17, 15) is 0 Å². The molecule has 2 heteroatoms. The molecule has 0 spiro atoms. The summed E-state index contributed by atoms with van der Waals surface area (Å²) < 4.78 is 0. The van der Waals surface area contributed by atoms with Gasteiger partial charge in [0.2, 0.25) is 0 Å². The molecule has 0 amide bonds. The molecule has 1 heterocycles. The van der Waals surface area contributed by atoms with Crippen LogP contribution in [0.4, 0.5) is 0 Å². The van der Waals surface area contributed by atoms with Crippen molar-refractivity contribution in [1.29, 1.82) is 0 Å². The lowest BCUT2D eigenvalue weighted by molar-refractivity contribution is 0.307. The highest BCUT2D eigenvalue weighted by Gasteiger charge is 2.24. The zero-order valence-corrected chi connectivity index (χ0v) is 10.5. The van der Waals surface area contributed by atoms with E-state index in [4.69, 9.17) is 5.73 Å². The third kappa shape index (κ3) is 2.45. The van der Waals surface area contributed by atoms with Gasteiger partial charge >= 0.3 is 0 Å². The van der Waals surface area contributed by atoms with E-state index in [1.807, 2.05) is 0 Å². The fourth-order valence-corrected chi connectivity index (χ4v) is 2.55. The molecule has 1 aromatic carbocycles. The summed E-state index contributed by atoms with van der Waals surface area (Å²) in [4.78, 5) is 0. The van der Waals surface area contributed by atoms with Crippen molar-refractivity contribution in [3.05, 3.63) is 34.9 Å². The van der Waals surface area contributed by atoms with Gasteiger partial charge in [0.25, 0.3) is 0 Å². The second kappa shape index (κ2) is 4.56. The first-order valence-electron chi connectivity index (χ1n) is 6.15. The van der Waals surface area contributed by atoms with Crippen LogP contribution in [0.25, 0.3) is 0 Å². The maximum Gasteiger partial charge on any atom is 0.0337 e. The molecular weight excluding hydrogens is 196 g/mol. The highest BCUT2D eigenvalue weighted by atomic mass is 15.0. The van der Waals surface area contributed by atoms with Gasteiger partial charge in [-0.1, -0.05) is 18.2 Å². The molecule has 0 aliphatic carbocycles. The Kier molecular flexibility index (Phi) is 3.31. The summed E-state index contributed by atoms with van der Waals surface area (Å²) >= 11 is 0. The van der Waals surface area contributed by atoms with E-state index >= 15 is 0 Å². The first-order chi connectivity index (χ1) is 7.56. The molecule has 0 unspecified atom stereocenters. The summed E-state index contributed by atoms with van der Waals surface area (Å²) in [7, 11) is 0. The highest BCUT2D eigenvalue weighted by Crippen LogP contribution is 2.26. The van der Waals surface area contributed by atoms with Crippen LogP contribution in [0.5, 0.6) is 0 Å². The third-order valence-electron chi connectivity index (χ3n) is 3.61. The fraction of sp³-hybridized carbons (Fsp3) is 0.571. The van der Waals surface area contributed by atoms with Crippen LogP contribution in [-0.2, 0) is 0 Å². The van der Waals surface area contributed by atoms with E-state index in [-0.39, 0.29) is 0 Å². The smallest absolute Gasteiger partial charge is 0.0337 e. The van der Waals surface area contributed by atoms with Crippen LogP contribution >= 0.6 is 0 Å². The Morgan fingerprint density at radius 1 is 1.19 bits per heavy atom. The Hall–Kier alpha value is -0.860. The van der Waals surface area contributed by atoms with E-state index in [1.54, 1.807) is 0 Å². The van der Waals surface area contributed by atoms with Crippen molar-refractivity contribution in [2.24, 2.45) is 5.73 Å². The van der Waals surface area contributed by atoms with Gasteiger partial charge in [-0.05, 0) is 50.3 Å². The van der Waals surface area contributed by atoms with Crippen LogP contribution in [0, 0.1) is 13.8 Å². The minimum atomic E-state index is 0.336. The van der Waals surface area contributed by atoms with Gasteiger partial charge in [-0.2, -0.15) is 0 Å². The molecule has 88 valence electrons. The summed E-state index contributed by atoms with van der Waals surface area (Å²) in [6, 6.07) is 8.01. The number of piperidine rings is 1. The average molecular weight is 218 g/mol. The van der Waals surface area contributed by atoms with Crippen molar-refractivity contribution in [3.63, 3.8) is 0 Å². The molecule has 1 saturated heterocycles. The van der Waals surface area contributed by atoms with Crippen molar-refractivity contribution in [2.75, 3.05) is 0 Å². The highest BCUT2D eigenvalue weighted by molar-refractivity contribution is 5.32. The van der Waals surface area contributed by atoms with E-state index in [0.717, 1.165) is 12.8 Å². The molecule has 16 heavy (non-hydrogen) atoms. The first kappa shape index (κ1) is 11.6. The lowest BCUT2D eigenvalue weighted by Gasteiger charge is -2.33. The van der Waals surface area contributed by atoms with Gasteiger partial charge in [0.1, 0.15) is 0 Å². The Bertz CT molecular complexity index is 363. The lowest BCUT2D eigenvalue weighted by Crippen LogP contribution is -2.44. The number of nitrogens with two attached hydrogens (primary N) is 1. The molecule has 1 fully saturated rings. The number of aryl methyl sites for hydroxylation is 2. The maximum atomic E-state index is 6.08. The summed E-state index contributed by atoms with van der Waals surface area (Å²) in [5.74, 6) is 0. The molecule has 2 rings (SSSR count). The Balaban J connectivity index is 2.19. The van der Waals surface area contributed by atoms with Crippen molar-refractivity contribution in [3.8, 4) is 0 Å². The topological polar surface area (TPSA) is 38.0 Å². The fourth-order valence-electron chi connectivity index (χ4n) is 2.55. The molecule has 0 radical (unpaired) electrons. The molecule has 1 aliphatic rings. The maximum absolute atomic E-state index is 6.08. The molecule has 3 atom stereocenters. The second-order valence-corrected chi connectivity index (χ2v) is 5.20. The molecular formula is C14H22N2. The summed E-state index contributed by atoms with van der Waals surface area (Å²) in [6.45, 7) is 6.54. The quantitative estimate of drug-likeness (QED) is 0.760. The second-order valence-electron chi connectivity index (χ2n) is 5.20. The van der Waals surface area contributed by atoms with Gasteiger partial charge in [0.05, 0.1) is 0 Å². The van der Waals surface area contributed by atoms with Gasteiger partial charge in [-0.25, -0.2) is 0 Å². The lowest BCUT2D eigenvalue weighted by atomic mass is 9.89. The predicted octanol–water partition coefficient (Wildman–Crippen LogP) is 2.44. The predicted molar refractivity (Wildman–Crippen MR) is 68.5 cm³/mol. The molecule has 0 bridgehead atoms. The standard InChI is InChI=1S/C14H22N2/c1-9-4-5-12(6-10(9)2)14-8-13(15)7-11(3)16-14/h4-6,11,13-14,16H,7-8,15H2,1-3H3/t11-,13-,14-/m0/s1. The molecule has 3 N–H and O–H groups in total. The minimum absolute atomic E-state index is 0.336. The van der Waals surface area contributed by atoms with Gasteiger partial charge < -0.3 is 11.1 Å². The summed E-state index contributed by atoms with van der Waals surface area (Å²) in [6.07, 6.45) is 2.13. The number of rotatable bonds is 1. The van der Waals surface area contributed by atoms with Crippen LogP contribution in [-0.4, -0.2) is 12.1 Å². The zero-order chi connectivity index (χ0) is 11.7. The van der Waals surface area contributed by atoms with Crippen LogP contribution in [0.15, 0.2) is 18.2 Å². The van der Waals surface area contributed by atoms with E-state index in [1.165, 1.54) is 16.7 Å². The number of hydrogen-bond acceptors (Lipinski definition) is 2. The number of benzene rings is 1. The minimum Gasteiger partial charge on any atom is -0.328 e. The molecule has 1 aliphatic heterocycles. The van der Waals surface area contributed by atoms with Crippen molar-refractivity contribution >= 4 is 0 Å². The summed E-state index contributed by atoms with van der Waals surface area (Å²) in [5.41, 5.74) is 10.2. The van der Waals surface area contributed by atoms with Crippen LogP contribution in [0.3, 0.4) is 0 Å². The van der Waals surface area contributed by atoms with E-state index in [2.05, 4.69) is 44.3 Å². The monoisotopic (exact) mass is 218 g/mol. The normalized spacial score (nSPS) is 30.4.